The fraction of sp³-hybridized carbons (Fsp3) is 0.308. The number of benzene rings is 1. The summed E-state index contributed by atoms with van der Waals surface area (Å²) in [5.74, 6) is 0.806. The van der Waals surface area contributed by atoms with Gasteiger partial charge in [0.25, 0.3) is 0 Å². The summed E-state index contributed by atoms with van der Waals surface area (Å²) >= 11 is 0. The summed E-state index contributed by atoms with van der Waals surface area (Å²) < 4.78 is 5.52. The molecule has 2 rings (SSSR count). The molecule has 0 spiro atoms. The number of rotatable bonds is 2. The monoisotopic (exact) mass is 202 g/mol. The van der Waals surface area contributed by atoms with Crippen LogP contribution < -0.4 is 0 Å². The van der Waals surface area contributed by atoms with Crippen LogP contribution >= 0.6 is 0 Å². The van der Waals surface area contributed by atoms with Crippen LogP contribution in [-0.4, -0.2) is 6.29 Å². The third-order valence-corrected chi connectivity index (χ3v) is 2.69. The van der Waals surface area contributed by atoms with Crippen molar-refractivity contribution in [1.29, 1.82) is 0 Å². The lowest BCUT2D eigenvalue weighted by Gasteiger charge is -2.06. The van der Waals surface area contributed by atoms with Crippen molar-refractivity contribution < 1.29 is 9.21 Å². The summed E-state index contributed by atoms with van der Waals surface area (Å²) in [6, 6.07) is 5.95. The molecule has 15 heavy (non-hydrogen) atoms. The van der Waals surface area contributed by atoms with E-state index >= 15 is 0 Å². The van der Waals surface area contributed by atoms with Gasteiger partial charge < -0.3 is 4.42 Å². The van der Waals surface area contributed by atoms with Crippen LogP contribution in [-0.2, 0) is 0 Å². The van der Waals surface area contributed by atoms with Crippen LogP contribution in [0.3, 0.4) is 0 Å². The maximum Gasteiger partial charge on any atom is 0.185 e. The van der Waals surface area contributed by atoms with E-state index in [4.69, 9.17) is 4.42 Å². The Labute approximate surface area is 88.9 Å². The van der Waals surface area contributed by atoms with Crippen LogP contribution in [0.5, 0.6) is 0 Å². The van der Waals surface area contributed by atoms with Crippen molar-refractivity contribution in [1.82, 2.24) is 0 Å². The van der Waals surface area contributed by atoms with Crippen LogP contribution in [0.25, 0.3) is 11.0 Å². The summed E-state index contributed by atoms with van der Waals surface area (Å²) in [6.45, 7) is 6.26. The first kappa shape index (κ1) is 9.97. The molecular formula is C13H14O2. The van der Waals surface area contributed by atoms with Gasteiger partial charge in [-0.3, -0.25) is 4.79 Å². The van der Waals surface area contributed by atoms with Gasteiger partial charge in [0, 0.05) is 5.39 Å². The van der Waals surface area contributed by atoms with E-state index in [9.17, 15) is 4.79 Å². The molecule has 0 aliphatic heterocycles. The number of carbonyl (C=O) groups excluding carboxylic acids is 1. The molecule has 2 aromatic rings. The molecule has 0 atom stereocenters. The fourth-order valence-corrected chi connectivity index (χ4v) is 1.81. The predicted molar refractivity (Wildman–Crippen MR) is 60.4 cm³/mol. The highest BCUT2D eigenvalue weighted by molar-refractivity contribution is 5.89. The molecule has 0 saturated heterocycles. The Balaban J connectivity index is 2.79. The van der Waals surface area contributed by atoms with Crippen molar-refractivity contribution in [2.45, 2.75) is 26.7 Å². The second-order valence-corrected chi connectivity index (χ2v) is 4.14. The van der Waals surface area contributed by atoms with Gasteiger partial charge in [-0.2, -0.15) is 0 Å². The van der Waals surface area contributed by atoms with E-state index in [2.05, 4.69) is 26.0 Å². The van der Waals surface area contributed by atoms with Gasteiger partial charge >= 0.3 is 0 Å². The Bertz CT molecular complexity index is 506. The van der Waals surface area contributed by atoms with Crippen LogP contribution in [0.15, 0.2) is 22.6 Å². The zero-order valence-corrected chi connectivity index (χ0v) is 9.20. The van der Waals surface area contributed by atoms with E-state index < -0.39 is 0 Å². The second-order valence-electron chi connectivity index (χ2n) is 4.14. The highest BCUT2D eigenvalue weighted by atomic mass is 16.3. The number of aryl methyl sites for hydroxylation is 1. The fourth-order valence-electron chi connectivity index (χ4n) is 1.81. The molecule has 0 amide bonds. The Kier molecular flexibility index (Phi) is 2.35. The van der Waals surface area contributed by atoms with Gasteiger partial charge in [-0.1, -0.05) is 26.0 Å². The molecule has 0 unspecified atom stereocenters. The van der Waals surface area contributed by atoms with E-state index in [1.165, 1.54) is 0 Å². The molecule has 0 aliphatic rings. The van der Waals surface area contributed by atoms with Crippen molar-refractivity contribution in [3.63, 3.8) is 0 Å². The smallest absolute Gasteiger partial charge is 0.185 e. The molecule has 0 aliphatic carbocycles. The molecule has 2 nitrogen and oxygen atoms in total. The molecule has 0 radical (unpaired) electrons. The van der Waals surface area contributed by atoms with E-state index in [0.717, 1.165) is 28.4 Å². The SMILES string of the molecule is Cc1ccc(C(C)C)c2oc(C=O)cc12. The molecule has 2 heteroatoms. The van der Waals surface area contributed by atoms with Crippen LogP contribution in [0.4, 0.5) is 0 Å². The lowest BCUT2D eigenvalue weighted by atomic mass is 9.99. The highest BCUT2D eigenvalue weighted by Gasteiger charge is 2.12. The Morgan fingerprint density at radius 2 is 2.07 bits per heavy atom. The highest BCUT2D eigenvalue weighted by Crippen LogP contribution is 2.29. The number of furan rings is 1. The zero-order chi connectivity index (χ0) is 11.0. The van der Waals surface area contributed by atoms with E-state index in [0.29, 0.717) is 11.7 Å². The van der Waals surface area contributed by atoms with Crippen LogP contribution in [0.1, 0.15) is 41.4 Å². The molecule has 78 valence electrons. The van der Waals surface area contributed by atoms with Gasteiger partial charge in [0.1, 0.15) is 5.58 Å². The van der Waals surface area contributed by atoms with E-state index in [1.807, 2.05) is 13.0 Å². The number of hydrogen-bond acceptors (Lipinski definition) is 2. The molecular weight excluding hydrogens is 188 g/mol. The largest absolute Gasteiger partial charge is 0.453 e. The molecule has 1 heterocycles. The Morgan fingerprint density at radius 3 is 2.67 bits per heavy atom. The molecule has 0 saturated carbocycles. The van der Waals surface area contributed by atoms with Gasteiger partial charge in [0.15, 0.2) is 12.0 Å². The van der Waals surface area contributed by atoms with Gasteiger partial charge in [0.2, 0.25) is 0 Å². The Morgan fingerprint density at radius 1 is 1.33 bits per heavy atom. The number of hydrogen-bond donors (Lipinski definition) is 0. The maximum absolute atomic E-state index is 10.7. The minimum absolute atomic E-state index is 0.402. The third-order valence-electron chi connectivity index (χ3n) is 2.69. The standard InChI is InChI=1S/C13H14O2/c1-8(2)11-5-4-9(3)12-6-10(7-14)15-13(11)12/h4-8H,1-3H3. The van der Waals surface area contributed by atoms with E-state index in [1.54, 1.807) is 0 Å². The third kappa shape index (κ3) is 1.56. The lowest BCUT2D eigenvalue weighted by molar-refractivity contribution is 0.110. The molecule has 1 aromatic heterocycles. The minimum Gasteiger partial charge on any atom is -0.453 e. The number of aldehydes is 1. The van der Waals surface area contributed by atoms with Crippen molar-refractivity contribution in [3.8, 4) is 0 Å². The average molecular weight is 202 g/mol. The van der Waals surface area contributed by atoms with Crippen LogP contribution in [0.2, 0.25) is 0 Å². The molecule has 1 aromatic carbocycles. The number of carbonyl (C=O) groups is 1. The summed E-state index contributed by atoms with van der Waals surface area (Å²) in [6.07, 6.45) is 0.754. The topological polar surface area (TPSA) is 30.2 Å². The first-order valence-electron chi connectivity index (χ1n) is 5.11. The summed E-state index contributed by atoms with van der Waals surface area (Å²) in [7, 11) is 0. The normalized spacial score (nSPS) is 11.2. The predicted octanol–water partition coefficient (Wildman–Crippen LogP) is 3.68. The maximum atomic E-state index is 10.7. The lowest BCUT2D eigenvalue weighted by Crippen LogP contribution is -1.88. The van der Waals surface area contributed by atoms with Gasteiger partial charge in [0.05, 0.1) is 0 Å². The first-order chi connectivity index (χ1) is 7.13. The van der Waals surface area contributed by atoms with Crippen molar-refractivity contribution in [2.75, 3.05) is 0 Å². The average Bonchev–Trinajstić information content (AvgIpc) is 2.62. The first-order valence-corrected chi connectivity index (χ1v) is 5.11. The van der Waals surface area contributed by atoms with Gasteiger partial charge in [-0.25, -0.2) is 0 Å². The van der Waals surface area contributed by atoms with Crippen molar-refractivity contribution in [3.05, 3.63) is 35.1 Å². The minimum atomic E-state index is 0.402. The van der Waals surface area contributed by atoms with Gasteiger partial charge in [-0.05, 0) is 30.0 Å². The molecule has 0 N–H and O–H groups in total. The zero-order valence-electron chi connectivity index (χ0n) is 9.20. The second kappa shape index (κ2) is 3.54. The molecule has 0 fully saturated rings. The summed E-state index contributed by atoms with van der Waals surface area (Å²) in [4.78, 5) is 10.7. The van der Waals surface area contributed by atoms with Crippen LogP contribution in [0, 0.1) is 6.92 Å². The number of fused-ring (bicyclic) bond motifs is 1. The quantitative estimate of drug-likeness (QED) is 0.695. The van der Waals surface area contributed by atoms with Gasteiger partial charge in [-0.15, -0.1) is 0 Å². The summed E-state index contributed by atoms with van der Waals surface area (Å²) in [5.41, 5.74) is 3.15. The van der Waals surface area contributed by atoms with Crippen molar-refractivity contribution in [2.24, 2.45) is 0 Å². The van der Waals surface area contributed by atoms with E-state index in [-0.39, 0.29) is 0 Å². The van der Waals surface area contributed by atoms with Crippen molar-refractivity contribution >= 4 is 17.3 Å². The summed E-state index contributed by atoms with van der Waals surface area (Å²) in [5, 5.41) is 1.04. The molecule has 0 bridgehead atoms. The Hall–Kier alpha value is -1.57.